The maximum Gasteiger partial charge on any atom is 0.303 e. The second-order valence-electron chi connectivity index (χ2n) is 4.37. The van der Waals surface area contributed by atoms with Gasteiger partial charge < -0.3 is 5.11 Å². The first-order chi connectivity index (χ1) is 7.62. The summed E-state index contributed by atoms with van der Waals surface area (Å²) in [5, 5.41) is 8.65. The molecule has 1 saturated carbocycles. The lowest BCUT2D eigenvalue weighted by molar-refractivity contribution is -0.136. The van der Waals surface area contributed by atoms with E-state index in [2.05, 4.69) is 0 Å². The van der Waals surface area contributed by atoms with Crippen molar-refractivity contribution >= 4 is 5.97 Å². The number of aryl methyl sites for hydroxylation is 1. The standard InChI is InChI=1S/C13H15FO2/c14-13(8-3-9-13)11-5-2-1-4-10(11)6-7-12(15)16/h1-2,4-5H,3,6-9H2,(H,15,16). The van der Waals surface area contributed by atoms with E-state index in [0.717, 1.165) is 12.0 Å². The lowest BCUT2D eigenvalue weighted by Gasteiger charge is -2.35. The molecule has 1 N–H and O–H groups in total. The van der Waals surface area contributed by atoms with E-state index in [9.17, 15) is 9.18 Å². The lowest BCUT2D eigenvalue weighted by Crippen LogP contribution is -2.30. The summed E-state index contributed by atoms with van der Waals surface area (Å²) in [5.41, 5.74) is 0.337. The van der Waals surface area contributed by atoms with E-state index in [1.807, 2.05) is 18.2 Å². The average molecular weight is 222 g/mol. The maximum absolute atomic E-state index is 14.3. The Bertz CT molecular complexity index is 397. The highest BCUT2D eigenvalue weighted by molar-refractivity contribution is 5.67. The van der Waals surface area contributed by atoms with Gasteiger partial charge in [-0.1, -0.05) is 24.3 Å². The zero-order valence-corrected chi connectivity index (χ0v) is 9.08. The van der Waals surface area contributed by atoms with Gasteiger partial charge in [-0.25, -0.2) is 4.39 Å². The van der Waals surface area contributed by atoms with E-state index in [1.54, 1.807) is 6.07 Å². The Labute approximate surface area is 94.1 Å². The smallest absolute Gasteiger partial charge is 0.303 e. The summed E-state index contributed by atoms with van der Waals surface area (Å²) in [6.45, 7) is 0. The van der Waals surface area contributed by atoms with Gasteiger partial charge >= 0.3 is 5.97 Å². The molecule has 2 rings (SSSR count). The number of hydrogen-bond donors (Lipinski definition) is 1. The quantitative estimate of drug-likeness (QED) is 0.850. The third-order valence-corrected chi connectivity index (χ3v) is 3.25. The van der Waals surface area contributed by atoms with Crippen molar-refractivity contribution in [3.63, 3.8) is 0 Å². The Hall–Kier alpha value is -1.38. The SMILES string of the molecule is O=C(O)CCc1ccccc1C1(F)CCC1. The summed E-state index contributed by atoms with van der Waals surface area (Å²) in [5.74, 6) is -0.837. The van der Waals surface area contributed by atoms with Crippen molar-refractivity contribution in [3.8, 4) is 0 Å². The molecule has 0 aromatic heterocycles. The van der Waals surface area contributed by atoms with Crippen LogP contribution in [0.2, 0.25) is 0 Å². The predicted molar refractivity (Wildman–Crippen MR) is 59.0 cm³/mol. The lowest BCUT2D eigenvalue weighted by atomic mass is 9.74. The minimum absolute atomic E-state index is 0.0626. The molecule has 0 unspecified atom stereocenters. The fourth-order valence-corrected chi connectivity index (χ4v) is 2.17. The van der Waals surface area contributed by atoms with E-state index >= 15 is 0 Å². The van der Waals surface area contributed by atoms with Gasteiger partial charge in [0.05, 0.1) is 0 Å². The van der Waals surface area contributed by atoms with Gasteiger partial charge in [-0.05, 0) is 36.8 Å². The highest BCUT2D eigenvalue weighted by Gasteiger charge is 2.39. The molecule has 1 aliphatic rings. The monoisotopic (exact) mass is 222 g/mol. The van der Waals surface area contributed by atoms with E-state index in [0.29, 0.717) is 24.8 Å². The fraction of sp³-hybridized carbons (Fsp3) is 0.462. The Morgan fingerprint density at radius 2 is 2.06 bits per heavy atom. The van der Waals surface area contributed by atoms with Crippen molar-refractivity contribution in [1.82, 2.24) is 0 Å². The van der Waals surface area contributed by atoms with Crippen LogP contribution in [0.4, 0.5) is 4.39 Å². The maximum atomic E-state index is 14.3. The summed E-state index contributed by atoms with van der Waals surface area (Å²) in [6, 6.07) is 7.27. The van der Waals surface area contributed by atoms with Crippen LogP contribution in [0.5, 0.6) is 0 Å². The summed E-state index contributed by atoms with van der Waals surface area (Å²) >= 11 is 0. The number of hydrogen-bond acceptors (Lipinski definition) is 1. The van der Waals surface area contributed by atoms with Crippen LogP contribution in [0, 0.1) is 0 Å². The second kappa shape index (κ2) is 4.24. The molecule has 2 nitrogen and oxygen atoms in total. The molecule has 1 fully saturated rings. The number of aliphatic carboxylic acids is 1. The molecular weight excluding hydrogens is 207 g/mol. The zero-order chi connectivity index (χ0) is 11.6. The van der Waals surface area contributed by atoms with Crippen LogP contribution < -0.4 is 0 Å². The van der Waals surface area contributed by atoms with Gasteiger partial charge in [0.25, 0.3) is 0 Å². The average Bonchev–Trinajstić information content (AvgIpc) is 2.23. The van der Waals surface area contributed by atoms with E-state index in [4.69, 9.17) is 5.11 Å². The summed E-state index contributed by atoms with van der Waals surface area (Å²) in [6.07, 6.45) is 2.53. The molecule has 16 heavy (non-hydrogen) atoms. The van der Waals surface area contributed by atoms with Gasteiger partial charge in [0.15, 0.2) is 0 Å². The van der Waals surface area contributed by atoms with E-state index < -0.39 is 11.6 Å². The van der Waals surface area contributed by atoms with Gasteiger partial charge in [0.2, 0.25) is 0 Å². The highest BCUT2D eigenvalue weighted by atomic mass is 19.1. The third-order valence-electron chi connectivity index (χ3n) is 3.25. The summed E-state index contributed by atoms with van der Waals surface area (Å²) in [7, 11) is 0. The first-order valence-electron chi connectivity index (χ1n) is 5.61. The molecule has 1 aromatic rings. The largest absolute Gasteiger partial charge is 0.481 e. The Balaban J connectivity index is 2.20. The third kappa shape index (κ3) is 2.08. The Morgan fingerprint density at radius 1 is 1.38 bits per heavy atom. The van der Waals surface area contributed by atoms with Crippen molar-refractivity contribution in [2.24, 2.45) is 0 Å². The van der Waals surface area contributed by atoms with Gasteiger partial charge in [-0.2, -0.15) is 0 Å². The molecule has 3 heteroatoms. The van der Waals surface area contributed by atoms with Crippen molar-refractivity contribution in [3.05, 3.63) is 35.4 Å². The van der Waals surface area contributed by atoms with Gasteiger partial charge in [-0.3, -0.25) is 4.79 Å². The van der Waals surface area contributed by atoms with E-state index in [-0.39, 0.29) is 6.42 Å². The number of rotatable bonds is 4. The molecular formula is C13H15FO2. The molecule has 0 heterocycles. The van der Waals surface area contributed by atoms with Crippen LogP contribution in [0.25, 0.3) is 0 Å². The van der Waals surface area contributed by atoms with Crippen molar-refractivity contribution in [1.29, 1.82) is 0 Å². The van der Waals surface area contributed by atoms with Gasteiger partial charge in [0, 0.05) is 6.42 Å². The number of alkyl halides is 1. The predicted octanol–water partition coefficient (Wildman–Crippen LogP) is 3.05. The minimum Gasteiger partial charge on any atom is -0.481 e. The van der Waals surface area contributed by atoms with Crippen LogP contribution >= 0.6 is 0 Å². The molecule has 0 amide bonds. The number of benzene rings is 1. The fourth-order valence-electron chi connectivity index (χ4n) is 2.17. The minimum atomic E-state index is -1.20. The molecule has 86 valence electrons. The Kier molecular flexibility index (Phi) is 2.95. The van der Waals surface area contributed by atoms with Crippen LogP contribution in [0.3, 0.4) is 0 Å². The molecule has 0 atom stereocenters. The van der Waals surface area contributed by atoms with Gasteiger partial charge in [0.1, 0.15) is 5.67 Å². The van der Waals surface area contributed by atoms with Crippen LogP contribution in [-0.2, 0) is 16.9 Å². The molecule has 0 radical (unpaired) electrons. The van der Waals surface area contributed by atoms with Crippen molar-refractivity contribution in [2.45, 2.75) is 37.8 Å². The van der Waals surface area contributed by atoms with Crippen LogP contribution in [0.15, 0.2) is 24.3 Å². The van der Waals surface area contributed by atoms with E-state index in [1.165, 1.54) is 0 Å². The van der Waals surface area contributed by atoms with Crippen molar-refractivity contribution in [2.75, 3.05) is 0 Å². The Morgan fingerprint density at radius 3 is 2.62 bits per heavy atom. The topological polar surface area (TPSA) is 37.3 Å². The first kappa shape index (κ1) is 11.1. The number of carboxylic acids is 1. The number of halogens is 1. The number of carbonyl (C=O) groups is 1. The zero-order valence-electron chi connectivity index (χ0n) is 9.08. The van der Waals surface area contributed by atoms with Crippen molar-refractivity contribution < 1.29 is 14.3 Å². The van der Waals surface area contributed by atoms with Gasteiger partial charge in [-0.15, -0.1) is 0 Å². The first-order valence-corrected chi connectivity index (χ1v) is 5.61. The summed E-state index contributed by atoms with van der Waals surface area (Å²) in [4.78, 5) is 10.5. The molecule has 0 bridgehead atoms. The molecule has 0 saturated heterocycles. The molecule has 0 aliphatic heterocycles. The summed E-state index contributed by atoms with van der Waals surface area (Å²) < 4.78 is 14.3. The number of carboxylic acid groups (broad SMARTS) is 1. The van der Waals surface area contributed by atoms with Crippen LogP contribution in [0.1, 0.15) is 36.8 Å². The second-order valence-corrected chi connectivity index (χ2v) is 4.37. The molecule has 0 spiro atoms. The molecule has 1 aliphatic carbocycles. The highest BCUT2D eigenvalue weighted by Crippen LogP contribution is 2.46. The normalized spacial score (nSPS) is 17.8. The molecule has 1 aromatic carbocycles. The van der Waals surface area contributed by atoms with Crippen LogP contribution in [-0.4, -0.2) is 11.1 Å².